The molecule has 2 aliphatic carbocycles. The van der Waals surface area contributed by atoms with E-state index in [9.17, 15) is 28.7 Å². The zero-order valence-corrected chi connectivity index (χ0v) is 24.1. The lowest BCUT2D eigenvalue weighted by Crippen LogP contribution is -2.59. The minimum Gasteiger partial charge on any atom is -0.428 e. The van der Waals surface area contributed by atoms with E-state index in [4.69, 9.17) is 36.3 Å². The lowest BCUT2D eigenvalue weighted by atomic mass is 9.81. The van der Waals surface area contributed by atoms with Crippen molar-refractivity contribution in [3.8, 4) is 0 Å². The monoisotopic (exact) mass is 611 g/mol. The van der Waals surface area contributed by atoms with Crippen LogP contribution in [0.25, 0.3) is 0 Å². The van der Waals surface area contributed by atoms with Crippen molar-refractivity contribution in [2.75, 3.05) is 19.3 Å². The summed E-state index contributed by atoms with van der Waals surface area (Å²) in [7, 11) is 0. The molecule has 0 saturated heterocycles. The largest absolute Gasteiger partial charge is 0.428 e. The summed E-state index contributed by atoms with van der Waals surface area (Å²) in [6.45, 7) is 5.17. The topological polar surface area (TPSA) is 151 Å². The molecule has 2 saturated carbocycles. The number of esters is 4. The lowest BCUT2D eigenvalue weighted by molar-refractivity contribution is -0.175. The van der Waals surface area contributed by atoms with Gasteiger partial charge < -0.3 is 29.8 Å². The standard InChI is InChI=1S/C25H31ClFNO9S.ClH/c1-11(2)21(30)34-9-36-23(32)18-17-19(18)25(28,24(33)37-10-35-22(31)12(3)4)14(20(17)29)8-38-13-5-6-16(27)15(26)7-13;/h5-7,11-12,14,17-20,29H,8-10,28H2,1-4H3;1H/t14-,17+,18+,19+,20-,25+;/m1./s1. The number of carbonyl (C=O) groups excluding carboxylic acids is 4. The summed E-state index contributed by atoms with van der Waals surface area (Å²) in [5.41, 5.74) is 4.76. The number of halogens is 3. The van der Waals surface area contributed by atoms with Gasteiger partial charge in [0.2, 0.25) is 13.6 Å². The summed E-state index contributed by atoms with van der Waals surface area (Å²) in [4.78, 5) is 49.8. The van der Waals surface area contributed by atoms with Gasteiger partial charge in [-0.3, -0.25) is 14.4 Å². The van der Waals surface area contributed by atoms with Gasteiger partial charge in [-0.25, -0.2) is 9.18 Å². The maximum atomic E-state index is 13.5. The zero-order valence-electron chi connectivity index (χ0n) is 21.8. The number of hydrogen-bond acceptors (Lipinski definition) is 11. The van der Waals surface area contributed by atoms with Crippen LogP contribution in [0.1, 0.15) is 27.7 Å². The van der Waals surface area contributed by atoms with Crippen LogP contribution in [0.4, 0.5) is 4.39 Å². The van der Waals surface area contributed by atoms with E-state index in [2.05, 4.69) is 0 Å². The Morgan fingerprint density at radius 1 is 1.05 bits per heavy atom. The van der Waals surface area contributed by atoms with Crippen LogP contribution in [0, 0.1) is 41.3 Å². The minimum atomic E-state index is -1.83. The number of fused-ring (bicyclic) bond motifs is 1. The quantitative estimate of drug-likeness (QED) is 0.216. The van der Waals surface area contributed by atoms with Crippen molar-refractivity contribution in [2.24, 2.45) is 41.2 Å². The van der Waals surface area contributed by atoms with E-state index < -0.39 is 90.4 Å². The summed E-state index contributed by atoms with van der Waals surface area (Å²) >= 11 is 7.04. The first-order valence-corrected chi connectivity index (χ1v) is 13.4. The molecule has 2 aliphatic rings. The highest BCUT2D eigenvalue weighted by atomic mass is 35.5. The van der Waals surface area contributed by atoms with E-state index in [1.165, 1.54) is 30.0 Å². The Morgan fingerprint density at radius 2 is 1.62 bits per heavy atom. The molecule has 3 N–H and O–H groups in total. The fourth-order valence-electron chi connectivity index (χ4n) is 4.59. The maximum absolute atomic E-state index is 13.5. The number of carbonyl (C=O) groups is 4. The van der Waals surface area contributed by atoms with Crippen LogP contribution in [0.2, 0.25) is 5.02 Å². The molecule has 0 heterocycles. The van der Waals surface area contributed by atoms with Gasteiger partial charge in [-0.2, -0.15) is 0 Å². The molecule has 0 spiro atoms. The predicted molar refractivity (Wildman–Crippen MR) is 140 cm³/mol. The molecule has 14 heteroatoms. The molecule has 0 amide bonds. The molecule has 0 aliphatic heterocycles. The van der Waals surface area contributed by atoms with Crippen LogP contribution in [0.3, 0.4) is 0 Å². The molecule has 2 fully saturated rings. The van der Waals surface area contributed by atoms with Crippen molar-refractivity contribution in [3.63, 3.8) is 0 Å². The number of nitrogens with two attached hydrogens (primary N) is 1. The highest BCUT2D eigenvalue weighted by Crippen LogP contribution is 2.64. The van der Waals surface area contributed by atoms with Gasteiger partial charge in [-0.05, 0) is 18.2 Å². The minimum absolute atomic E-state index is 0. The first-order chi connectivity index (χ1) is 17.8. The fourth-order valence-corrected chi connectivity index (χ4v) is 6.05. The highest BCUT2D eigenvalue weighted by Gasteiger charge is 2.78. The normalized spacial score (nSPS) is 26.9. The Balaban J connectivity index is 0.00000533. The molecule has 0 unspecified atom stereocenters. The summed E-state index contributed by atoms with van der Waals surface area (Å²) in [5.74, 6) is -7.56. The maximum Gasteiger partial charge on any atom is 0.329 e. The van der Waals surface area contributed by atoms with Gasteiger partial charge in [0.25, 0.3) is 0 Å². The second-order valence-corrected chi connectivity index (χ2v) is 11.4. The van der Waals surface area contributed by atoms with Crippen molar-refractivity contribution in [3.05, 3.63) is 29.0 Å². The average Bonchev–Trinajstić information content (AvgIpc) is 3.57. The molecule has 0 aromatic heterocycles. The Labute approximate surface area is 240 Å². The molecule has 39 heavy (non-hydrogen) atoms. The second kappa shape index (κ2) is 13.5. The van der Waals surface area contributed by atoms with Crippen LogP contribution in [0.5, 0.6) is 0 Å². The van der Waals surface area contributed by atoms with Gasteiger partial charge in [0.05, 0.1) is 28.9 Å². The van der Waals surface area contributed by atoms with Crippen molar-refractivity contribution in [2.45, 2.75) is 44.2 Å². The second-order valence-electron chi connectivity index (χ2n) is 9.91. The predicted octanol–water partition coefficient (Wildman–Crippen LogP) is 2.94. The molecular formula is C25H32Cl2FNO9S. The van der Waals surface area contributed by atoms with E-state index >= 15 is 0 Å². The van der Waals surface area contributed by atoms with Gasteiger partial charge >= 0.3 is 23.9 Å². The number of benzene rings is 1. The third-order valence-corrected chi connectivity index (χ3v) is 8.13. The van der Waals surface area contributed by atoms with Crippen molar-refractivity contribution in [1.82, 2.24) is 0 Å². The number of hydrogen-bond donors (Lipinski definition) is 2. The summed E-state index contributed by atoms with van der Waals surface area (Å²) < 4.78 is 33.5. The van der Waals surface area contributed by atoms with Gasteiger partial charge in [-0.1, -0.05) is 39.3 Å². The Kier molecular flexibility index (Phi) is 11.4. The highest BCUT2D eigenvalue weighted by molar-refractivity contribution is 7.99. The summed E-state index contributed by atoms with van der Waals surface area (Å²) in [6, 6.07) is 4.09. The van der Waals surface area contributed by atoms with Crippen molar-refractivity contribution >= 4 is 59.6 Å². The van der Waals surface area contributed by atoms with E-state index in [-0.39, 0.29) is 23.2 Å². The van der Waals surface area contributed by atoms with E-state index in [0.717, 1.165) is 0 Å². The Bertz CT molecular complexity index is 1090. The number of aliphatic hydroxyl groups excluding tert-OH is 1. The van der Waals surface area contributed by atoms with E-state index in [0.29, 0.717) is 4.90 Å². The number of rotatable bonds is 11. The Hall–Kier alpha value is -2.12. The molecule has 218 valence electrons. The molecule has 10 nitrogen and oxygen atoms in total. The molecule has 0 radical (unpaired) electrons. The molecule has 1 aromatic rings. The van der Waals surface area contributed by atoms with Crippen LogP contribution in [0.15, 0.2) is 23.1 Å². The number of aliphatic hydroxyl groups is 1. The van der Waals surface area contributed by atoms with Gasteiger partial charge in [0.15, 0.2) is 0 Å². The fraction of sp³-hybridized carbons (Fsp3) is 0.600. The Morgan fingerprint density at radius 3 is 2.15 bits per heavy atom. The SMILES string of the molecule is CC(C)C(=O)OCOC(=O)[C@H]1[C@@H]2[C@H](O)[C@@H](CSc3ccc(F)c(Cl)c3)[C@@](N)(C(=O)OCOC(=O)C(C)C)[C@H]12.Cl. The van der Waals surface area contributed by atoms with Crippen LogP contribution < -0.4 is 5.73 Å². The third kappa shape index (κ3) is 7.15. The lowest BCUT2D eigenvalue weighted by Gasteiger charge is -2.34. The van der Waals surface area contributed by atoms with E-state index in [1.54, 1.807) is 27.7 Å². The smallest absolute Gasteiger partial charge is 0.329 e. The summed E-state index contributed by atoms with van der Waals surface area (Å²) in [5, 5.41) is 11.0. The van der Waals surface area contributed by atoms with Gasteiger partial charge in [0, 0.05) is 28.4 Å². The van der Waals surface area contributed by atoms with Crippen LogP contribution in [-0.4, -0.2) is 60.0 Å². The molecule has 3 rings (SSSR count). The molecular weight excluding hydrogens is 580 g/mol. The molecule has 0 bridgehead atoms. The van der Waals surface area contributed by atoms with Gasteiger partial charge in [-0.15, -0.1) is 24.2 Å². The van der Waals surface area contributed by atoms with Crippen molar-refractivity contribution < 1.29 is 47.6 Å². The van der Waals surface area contributed by atoms with E-state index in [1.807, 2.05) is 0 Å². The molecule has 6 atom stereocenters. The number of thioether (sulfide) groups is 1. The summed E-state index contributed by atoms with van der Waals surface area (Å²) in [6.07, 6.45) is -1.19. The average molecular weight is 613 g/mol. The molecule has 1 aromatic carbocycles. The van der Waals surface area contributed by atoms with Crippen molar-refractivity contribution in [1.29, 1.82) is 0 Å². The van der Waals surface area contributed by atoms with Gasteiger partial charge in [0.1, 0.15) is 11.4 Å². The third-order valence-electron chi connectivity index (χ3n) is 6.73. The zero-order chi connectivity index (χ0) is 28.4. The van der Waals surface area contributed by atoms with Crippen LogP contribution in [-0.2, 0) is 38.1 Å². The number of ether oxygens (including phenoxy) is 4. The first-order valence-electron chi connectivity index (χ1n) is 12.0. The van der Waals surface area contributed by atoms with Crippen LogP contribution >= 0.6 is 35.8 Å². The first kappa shape index (κ1) is 33.1.